The molecule has 0 aromatic heterocycles. The van der Waals surface area contributed by atoms with Crippen LogP contribution in [0.1, 0.15) is 35.7 Å². The Kier molecular flexibility index (Phi) is 6.66. The fraction of sp³-hybridized carbons (Fsp3) is 0.364. The second-order valence-corrected chi connectivity index (χ2v) is 6.91. The topological polar surface area (TPSA) is 72.9 Å². The Hall–Kier alpha value is -2.86. The van der Waals surface area contributed by atoms with E-state index in [1.165, 1.54) is 5.56 Å². The first-order valence-electron chi connectivity index (χ1n) is 9.80. The molecule has 0 spiro atoms. The van der Waals surface area contributed by atoms with E-state index < -0.39 is 0 Å². The zero-order valence-electron chi connectivity index (χ0n) is 16.2. The van der Waals surface area contributed by atoms with Crippen LogP contribution in [-0.2, 0) is 6.42 Å². The molecule has 1 aliphatic rings. The van der Waals surface area contributed by atoms with Crippen LogP contribution < -0.4 is 10.2 Å². The van der Waals surface area contributed by atoms with Crippen molar-refractivity contribution >= 4 is 23.3 Å². The van der Waals surface area contributed by atoms with Gasteiger partial charge in [-0.05, 0) is 42.7 Å². The molecule has 0 saturated carbocycles. The lowest BCUT2D eigenvalue weighted by molar-refractivity contribution is 0.0989. The number of carbonyl (C=O) groups is 2. The maximum Gasteiger partial charge on any atom is 0.321 e. The number of nitrogens with zero attached hydrogens (tertiary/aromatic N) is 2. The monoisotopic (exact) mass is 381 g/mol. The number of aliphatic hydroxyl groups is 1. The molecule has 1 heterocycles. The van der Waals surface area contributed by atoms with Crippen molar-refractivity contribution in [3.63, 3.8) is 0 Å². The van der Waals surface area contributed by atoms with Gasteiger partial charge in [0.2, 0.25) is 0 Å². The van der Waals surface area contributed by atoms with Gasteiger partial charge in [0.05, 0.1) is 6.61 Å². The number of fused-ring (bicyclic) bond motifs is 1. The molecule has 0 aliphatic carbocycles. The van der Waals surface area contributed by atoms with Crippen molar-refractivity contribution in [2.24, 2.45) is 0 Å². The van der Waals surface area contributed by atoms with Crippen LogP contribution in [0, 0.1) is 0 Å². The number of carbonyl (C=O) groups excluding carboxylic acids is 2. The Balaban J connectivity index is 1.72. The molecular formula is C22H27N3O3. The fourth-order valence-corrected chi connectivity index (χ4v) is 3.42. The lowest BCUT2D eigenvalue weighted by atomic mass is 10.1. The highest BCUT2D eigenvalue weighted by Crippen LogP contribution is 2.29. The summed E-state index contributed by atoms with van der Waals surface area (Å²) >= 11 is 0. The second kappa shape index (κ2) is 9.37. The molecule has 2 aromatic carbocycles. The van der Waals surface area contributed by atoms with E-state index in [9.17, 15) is 14.7 Å². The van der Waals surface area contributed by atoms with E-state index in [-0.39, 0.29) is 25.1 Å². The molecule has 6 nitrogen and oxygen atoms in total. The van der Waals surface area contributed by atoms with E-state index in [1.54, 1.807) is 34.1 Å². The highest BCUT2D eigenvalue weighted by atomic mass is 16.3. The minimum Gasteiger partial charge on any atom is -0.395 e. The van der Waals surface area contributed by atoms with Crippen molar-refractivity contribution in [1.82, 2.24) is 4.90 Å². The van der Waals surface area contributed by atoms with Crippen LogP contribution in [0.3, 0.4) is 0 Å². The van der Waals surface area contributed by atoms with Crippen molar-refractivity contribution in [2.45, 2.75) is 26.2 Å². The SMILES string of the molecule is CCCCN(CCO)C(=O)Nc1cccc(C(=O)N2CCc3ccccc32)c1. The van der Waals surface area contributed by atoms with Crippen molar-refractivity contribution < 1.29 is 14.7 Å². The van der Waals surface area contributed by atoms with Crippen LogP contribution in [0.25, 0.3) is 0 Å². The summed E-state index contributed by atoms with van der Waals surface area (Å²) in [5.41, 5.74) is 3.24. The summed E-state index contributed by atoms with van der Waals surface area (Å²) in [6.07, 6.45) is 2.70. The quantitative estimate of drug-likeness (QED) is 0.771. The summed E-state index contributed by atoms with van der Waals surface area (Å²) in [6.45, 7) is 3.52. The summed E-state index contributed by atoms with van der Waals surface area (Å²) in [6, 6.07) is 14.7. The van der Waals surface area contributed by atoms with Gasteiger partial charge >= 0.3 is 6.03 Å². The van der Waals surface area contributed by atoms with Crippen LogP contribution in [-0.4, -0.2) is 48.2 Å². The van der Waals surface area contributed by atoms with Crippen LogP contribution in [0.4, 0.5) is 16.2 Å². The molecule has 0 fully saturated rings. The summed E-state index contributed by atoms with van der Waals surface area (Å²) in [5, 5.41) is 12.0. The van der Waals surface area contributed by atoms with E-state index in [1.807, 2.05) is 24.3 Å². The van der Waals surface area contributed by atoms with Crippen LogP contribution >= 0.6 is 0 Å². The Morgan fingerprint density at radius 2 is 1.96 bits per heavy atom. The predicted octanol–water partition coefficient (Wildman–Crippen LogP) is 3.52. The Morgan fingerprint density at radius 3 is 2.75 bits per heavy atom. The predicted molar refractivity (Wildman–Crippen MR) is 111 cm³/mol. The minimum atomic E-state index is -0.265. The molecule has 28 heavy (non-hydrogen) atoms. The number of amides is 3. The van der Waals surface area contributed by atoms with E-state index >= 15 is 0 Å². The number of hydrogen-bond acceptors (Lipinski definition) is 3. The Morgan fingerprint density at radius 1 is 1.14 bits per heavy atom. The van der Waals surface area contributed by atoms with Crippen LogP contribution in [0.15, 0.2) is 48.5 Å². The third-order valence-corrected chi connectivity index (χ3v) is 4.93. The first-order valence-corrected chi connectivity index (χ1v) is 9.80. The number of urea groups is 1. The van der Waals surface area contributed by atoms with Gasteiger partial charge in [-0.25, -0.2) is 4.79 Å². The normalized spacial score (nSPS) is 12.6. The van der Waals surface area contributed by atoms with E-state index in [2.05, 4.69) is 12.2 Å². The number of benzene rings is 2. The standard InChI is InChI=1S/C22H27N3O3/c1-2-3-12-24(14-15-26)22(28)23-19-9-6-8-18(16-19)21(27)25-13-11-17-7-4-5-10-20(17)25/h4-10,16,26H,2-3,11-15H2,1H3,(H,23,28). The third-order valence-electron chi connectivity index (χ3n) is 4.93. The number of para-hydroxylation sites is 1. The first-order chi connectivity index (χ1) is 13.6. The highest BCUT2D eigenvalue weighted by Gasteiger charge is 2.25. The Bertz CT molecular complexity index is 837. The van der Waals surface area contributed by atoms with Crippen molar-refractivity contribution in [3.05, 3.63) is 59.7 Å². The zero-order valence-corrected chi connectivity index (χ0v) is 16.2. The summed E-state index contributed by atoms with van der Waals surface area (Å²) in [5.74, 6) is -0.0701. The first kappa shape index (κ1) is 19.9. The molecule has 0 unspecified atom stereocenters. The van der Waals surface area contributed by atoms with Gasteiger partial charge < -0.3 is 20.2 Å². The molecule has 3 amide bonds. The second-order valence-electron chi connectivity index (χ2n) is 6.91. The minimum absolute atomic E-state index is 0.0701. The molecule has 0 radical (unpaired) electrons. The molecule has 6 heteroatoms. The van der Waals surface area contributed by atoms with Gasteiger partial charge in [-0.1, -0.05) is 37.6 Å². The van der Waals surface area contributed by atoms with E-state index in [4.69, 9.17) is 0 Å². The van der Waals surface area contributed by atoms with Crippen molar-refractivity contribution in [3.8, 4) is 0 Å². The molecule has 1 aliphatic heterocycles. The zero-order chi connectivity index (χ0) is 19.9. The molecule has 2 aromatic rings. The lowest BCUT2D eigenvalue weighted by Crippen LogP contribution is -2.37. The van der Waals surface area contributed by atoms with E-state index in [0.29, 0.717) is 24.3 Å². The van der Waals surface area contributed by atoms with Gasteiger partial charge in [0, 0.05) is 36.6 Å². The fourth-order valence-electron chi connectivity index (χ4n) is 3.42. The Labute approximate surface area is 165 Å². The molecular weight excluding hydrogens is 354 g/mol. The average Bonchev–Trinajstić information content (AvgIpc) is 3.15. The molecule has 148 valence electrons. The van der Waals surface area contributed by atoms with Gasteiger partial charge in [0.15, 0.2) is 0 Å². The van der Waals surface area contributed by atoms with Gasteiger partial charge in [-0.2, -0.15) is 0 Å². The number of rotatable bonds is 7. The maximum absolute atomic E-state index is 13.0. The average molecular weight is 381 g/mol. The van der Waals surface area contributed by atoms with Crippen molar-refractivity contribution in [1.29, 1.82) is 0 Å². The lowest BCUT2D eigenvalue weighted by Gasteiger charge is -2.22. The van der Waals surface area contributed by atoms with Gasteiger partial charge in [-0.3, -0.25) is 4.79 Å². The van der Waals surface area contributed by atoms with Gasteiger partial charge in [-0.15, -0.1) is 0 Å². The maximum atomic E-state index is 13.0. The summed E-state index contributed by atoms with van der Waals surface area (Å²) < 4.78 is 0. The molecule has 2 N–H and O–H groups in total. The van der Waals surface area contributed by atoms with E-state index in [0.717, 1.165) is 24.9 Å². The third kappa shape index (κ3) is 4.51. The summed E-state index contributed by atoms with van der Waals surface area (Å²) in [4.78, 5) is 28.9. The van der Waals surface area contributed by atoms with Gasteiger partial charge in [0.25, 0.3) is 5.91 Å². The number of nitrogens with one attached hydrogen (secondary N) is 1. The number of anilines is 2. The van der Waals surface area contributed by atoms with Crippen molar-refractivity contribution in [2.75, 3.05) is 36.5 Å². The molecule has 3 rings (SSSR count). The molecule has 0 saturated heterocycles. The smallest absolute Gasteiger partial charge is 0.321 e. The summed E-state index contributed by atoms with van der Waals surface area (Å²) in [7, 11) is 0. The molecule has 0 atom stereocenters. The largest absolute Gasteiger partial charge is 0.395 e. The molecule has 0 bridgehead atoms. The van der Waals surface area contributed by atoms with Gasteiger partial charge in [0.1, 0.15) is 0 Å². The number of hydrogen-bond donors (Lipinski definition) is 2. The van der Waals surface area contributed by atoms with Crippen LogP contribution in [0.5, 0.6) is 0 Å². The highest BCUT2D eigenvalue weighted by molar-refractivity contribution is 6.08. The number of aliphatic hydroxyl groups excluding tert-OH is 1. The van der Waals surface area contributed by atoms with Crippen LogP contribution in [0.2, 0.25) is 0 Å². The number of unbranched alkanes of at least 4 members (excludes halogenated alkanes) is 1.